The molecule has 1 nitrogen and oxygen atoms in total. The molecule has 0 atom stereocenters. The minimum atomic E-state index is 0.969. The smallest absolute Gasteiger partial charge is 0.0465 e. The molecule has 1 aromatic heterocycles. The number of nitrogens with one attached hydrogen (secondary N) is 1. The van der Waals surface area contributed by atoms with Crippen molar-refractivity contribution in [3.63, 3.8) is 0 Å². The fourth-order valence-corrected chi connectivity index (χ4v) is 2.57. The summed E-state index contributed by atoms with van der Waals surface area (Å²) in [5.41, 5.74) is 6.54. The molecule has 19 heavy (non-hydrogen) atoms. The first-order valence-corrected chi connectivity index (χ1v) is 6.83. The quantitative estimate of drug-likeness (QED) is 0.705. The topological polar surface area (TPSA) is 15.8 Å². The highest BCUT2D eigenvalue weighted by Crippen LogP contribution is 2.24. The second-order valence-corrected chi connectivity index (χ2v) is 5.03. The summed E-state index contributed by atoms with van der Waals surface area (Å²) >= 11 is 0. The molecule has 0 bridgehead atoms. The van der Waals surface area contributed by atoms with Gasteiger partial charge in [0.15, 0.2) is 0 Å². The Labute approximate surface area is 114 Å². The molecule has 0 saturated heterocycles. The van der Waals surface area contributed by atoms with Crippen LogP contribution < -0.4 is 0 Å². The van der Waals surface area contributed by atoms with Crippen molar-refractivity contribution in [1.29, 1.82) is 0 Å². The van der Waals surface area contributed by atoms with Crippen LogP contribution in [0.5, 0.6) is 0 Å². The van der Waals surface area contributed by atoms with Crippen molar-refractivity contribution in [1.82, 2.24) is 4.98 Å². The van der Waals surface area contributed by atoms with Gasteiger partial charge in [-0.15, -0.1) is 0 Å². The standard InChI is InChI=1S/C18H18N/c1-3-14-8-10-15(11-9-14)12-17-13(2)19-18-7-5-4-6-16(17)18/h4-5,7-11,19H,3,12H2,1-2H3. The van der Waals surface area contributed by atoms with Gasteiger partial charge in [0, 0.05) is 16.6 Å². The predicted octanol–water partition coefficient (Wildman–Crippen LogP) is 4.43. The zero-order valence-electron chi connectivity index (χ0n) is 11.5. The molecule has 1 N–H and O–H groups in total. The summed E-state index contributed by atoms with van der Waals surface area (Å²) in [6.45, 7) is 4.33. The molecule has 0 aliphatic carbocycles. The third kappa shape index (κ3) is 2.28. The van der Waals surface area contributed by atoms with Crippen LogP contribution in [0, 0.1) is 13.0 Å². The Bertz CT molecular complexity index is 689. The summed E-state index contributed by atoms with van der Waals surface area (Å²) in [4.78, 5) is 3.44. The lowest BCUT2D eigenvalue weighted by molar-refractivity contribution is 1.11. The van der Waals surface area contributed by atoms with Crippen molar-refractivity contribution in [2.24, 2.45) is 0 Å². The average molecular weight is 248 g/mol. The Morgan fingerprint density at radius 3 is 2.53 bits per heavy atom. The molecule has 3 rings (SSSR count). The summed E-state index contributed by atoms with van der Waals surface area (Å²) in [6.07, 6.45) is 2.07. The van der Waals surface area contributed by atoms with E-state index in [9.17, 15) is 0 Å². The fraction of sp³-hybridized carbons (Fsp3) is 0.222. The maximum atomic E-state index is 3.44. The number of fused-ring (bicyclic) bond motifs is 1. The van der Waals surface area contributed by atoms with Crippen molar-refractivity contribution in [2.75, 3.05) is 0 Å². The molecule has 0 aliphatic heterocycles. The number of rotatable bonds is 3. The first-order chi connectivity index (χ1) is 9.28. The van der Waals surface area contributed by atoms with Crippen LogP contribution in [0.2, 0.25) is 0 Å². The van der Waals surface area contributed by atoms with Crippen molar-refractivity contribution < 1.29 is 0 Å². The van der Waals surface area contributed by atoms with Crippen molar-refractivity contribution >= 4 is 10.9 Å². The summed E-state index contributed by atoms with van der Waals surface area (Å²) in [5, 5.41) is 1.22. The monoisotopic (exact) mass is 248 g/mol. The van der Waals surface area contributed by atoms with Crippen LogP contribution in [-0.2, 0) is 12.8 Å². The Hall–Kier alpha value is -2.02. The van der Waals surface area contributed by atoms with Crippen LogP contribution >= 0.6 is 0 Å². The molecule has 1 heterocycles. The summed E-state index contributed by atoms with van der Waals surface area (Å²) in [7, 11) is 0. The molecule has 0 fully saturated rings. The lowest BCUT2D eigenvalue weighted by Crippen LogP contribution is -1.90. The van der Waals surface area contributed by atoms with Crippen LogP contribution in [-0.4, -0.2) is 4.98 Å². The van der Waals surface area contributed by atoms with Gasteiger partial charge in [0.2, 0.25) is 0 Å². The second-order valence-electron chi connectivity index (χ2n) is 5.03. The minimum Gasteiger partial charge on any atom is -0.358 e. The van der Waals surface area contributed by atoms with E-state index in [1.54, 1.807) is 0 Å². The van der Waals surface area contributed by atoms with Gasteiger partial charge in [0.1, 0.15) is 0 Å². The Morgan fingerprint density at radius 1 is 1.05 bits per heavy atom. The lowest BCUT2D eigenvalue weighted by Gasteiger charge is -2.04. The molecule has 1 heteroatoms. The molecule has 2 aromatic carbocycles. The SMILES string of the molecule is CCc1ccc(Cc2c(C)[nH]c3ccc[c]c23)cc1. The van der Waals surface area contributed by atoms with Gasteiger partial charge in [-0.1, -0.05) is 43.3 Å². The van der Waals surface area contributed by atoms with E-state index in [-0.39, 0.29) is 0 Å². The lowest BCUT2D eigenvalue weighted by atomic mass is 10.0. The zero-order chi connectivity index (χ0) is 13.2. The first kappa shape index (κ1) is 12.0. The molecule has 0 unspecified atom stereocenters. The molecule has 95 valence electrons. The van der Waals surface area contributed by atoms with E-state index in [0.29, 0.717) is 0 Å². The van der Waals surface area contributed by atoms with E-state index >= 15 is 0 Å². The third-order valence-electron chi connectivity index (χ3n) is 3.74. The van der Waals surface area contributed by atoms with Gasteiger partial charge in [-0.3, -0.25) is 0 Å². The maximum absolute atomic E-state index is 3.44. The zero-order valence-corrected chi connectivity index (χ0v) is 11.5. The first-order valence-electron chi connectivity index (χ1n) is 6.83. The van der Waals surface area contributed by atoms with Crippen LogP contribution in [0.4, 0.5) is 0 Å². The summed E-state index contributed by atoms with van der Waals surface area (Å²) < 4.78 is 0. The molecule has 0 amide bonds. The van der Waals surface area contributed by atoms with Gasteiger partial charge in [0.25, 0.3) is 0 Å². The number of H-pyrrole nitrogens is 1. The molecule has 0 aliphatic rings. The highest BCUT2D eigenvalue weighted by molar-refractivity contribution is 5.84. The van der Waals surface area contributed by atoms with E-state index < -0.39 is 0 Å². The van der Waals surface area contributed by atoms with E-state index in [1.165, 1.54) is 33.3 Å². The molecule has 0 spiro atoms. The second kappa shape index (κ2) is 4.93. The molecule has 0 saturated carbocycles. The number of hydrogen-bond acceptors (Lipinski definition) is 0. The fourth-order valence-electron chi connectivity index (χ4n) is 2.57. The van der Waals surface area contributed by atoms with Gasteiger partial charge < -0.3 is 4.98 Å². The molecular formula is C18H18N. The van der Waals surface area contributed by atoms with Crippen molar-refractivity contribution in [3.8, 4) is 0 Å². The van der Waals surface area contributed by atoms with Gasteiger partial charge in [-0.05, 0) is 48.6 Å². The Balaban J connectivity index is 1.98. The normalized spacial score (nSPS) is 11.1. The Kier molecular flexibility index (Phi) is 3.12. The van der Waals surface area contributed by atoms with Crippen LogP contribution in [0.3, 0.4) is 0 Å². The maximum Gasteiger partial charge on any atom is 0.0465 e. The highest BCUT2D eigenvalue weighted by Gasteiger charge is 2.08. The third-order valence-corrected chi connectivity index (χ3v) is 3.74. The summed E-state index contributed by atoms with van der Waals surface area (Å²) in [5.74, 6) is 0. The largest absolute Gasteiger partial charge is 0.358 e. The van der Waals surface area contributed by atoms with Crippen LogP contribution in [0.25, 0.3) is 10.9 Å². The number of aromatic nitrogens is 1. The Morgan fingerprint density at radius 2 is 1.79 bits per heavy atom. The van der Waals surface area contributed by atoms with Gasteiger partial charge in [-0.25, -0.2) is 0 Å². The van der Waals surface area contributed by atoms with Gasteiger partial charge >= 0.3 is 0 Å². The molecule has 3 aromatic rings. The van der Waals surface area contributed by atoms with Crippen molar-refractivity contribution in [3.05, 3.63) is 70.9 Å². The van der Waals surface area contributed by atoms with Crippen LogP contribution in [0.1, 0.15) is 29.3 Å². The number of hydrogen-bond donors (Lipinski definition) is 1. The number of aromatic amines is 1. The highest BCUT2D eigenvalue weighted by atomic mass is 14.7. The minimum absolute atomic E-state index is 0.969. The van der Waals surface area contributed by atoms with E-state index in [1.807, 2.05) is 12.1 Å². The van der Waals surface area contributed by atoms with E-state index in [0.717, 1.165) is 12.8 Å². The van der Waals surface area contributed by atoms with Crippen LogP contribution in [0.15, 0.2) is 42.5 Å². The summed E-state index contributed by atoms with van der Waals surface area (Å²) in [6, 6.07) is 18.4. The average Bonchev–Trinajstić information content (AvgIpc) is 2.76. The number of benzene rings is 2. The van der Waals surface area contributed by atoms with Gasteiger partial charge in [-0.2, -0.15) is 0 Å². The van der Waals surface area contributed by atoms with Crippen molar-refractivity contribution in [2.45, 2.75) is 26.7 Å². The van der Waals surface area contributed by atoms with E-state index in [2.05, 4.69) is 55.2 Å². The molecular weight excluding hydrogens is 230 g/mol. The van der Waals surface area contributed by atoms with E-state index in [4.69, 9.17) is 0 Å². The number of aryl methyl sites for hydroxylation is 2. The molecule has 1 radical (unpaired) electrons. The predicted molar refractivity (Wildman–Crippen MR) is 80.5 cm³/mol. The van der Waals surface area contributed by atoms with Gasteiger partial charge in [0.05, 0.1) is 0 Å².